The number of methoxy groups -OCH3 is 1. The molecule has 1 heterocycles. The van der Waals surface area contributed by atoms with Crippen LogP contribution in [0.3, 0.4) is 0 Å². The quantitative estimate of drug-likeness (QED) is 0.497. The monoisotopic (exact) mass is 440 g/mol. The van der Waals surface area contributed by atoms with E-state index >= 15 is 0 Å². The average molecular weight is 442 g/mol. The molecule has 140 valence electrons. The fourth-order valence-corrected chi connectivity index (χ4v) is 3.24. The number of thiocarbonyl (C=S) groups is 1. The van der Waals surface area contributed by atoms with Gasteiger partial charge in [-0.15, -0.1) is 0 Å². The second-order valence-corrected chi connectivity index (χ2v) is 7.23. The van der Waals surface area contributed by atoms with Gasteiger partial charge in [-0.05, 0) is 42.0 Å². The Bertz CT molecular complexity index is 977. The summed E-state index contributed by atoms with van der Waals surface area (Å²) in [5.74, 6) is 1.17. The molecule has 1 aromatic heterocycles. The summed E-state index contributed by atoms with van der Waals surface area (Å²) in [5.41, 5.74) is 1.67. The van der Waals surface area contributed by atoms with Gasteiger partial charge in [0.2, 0.25) is 0 Å². The highest BCUT2D eigenvalue weighted by Crippen LogP contribution is 2.24. The van der Waals surface area contributed by atoms with Crippen molar-refractivity contribution in [3.63, 3.8) is 0 Å². The van der Waals surface area contributed by atoms with Crippen LogP contribution in [0.1, 0.15) is 5.56 Å². The van der Waals surface area contributed by atoms with Crippen molar-refractivity contribution in [1.29, 1.82) is 0 Å². The Hall–Kier alpha value is -1.99. The lowest BCUT2D eigenvalue weighted by Crippen LogP contribution is -2.19. The minimum Gasteiger partial charge on any atom is -0.497 e. The fraction of sp³-hybridized carbons (Fsp3) is 0.111. The number of hydrogen-bond donors (Lipinski definition) is 2. The molecule has 27 heavy (non-hydrogen) atoms. The summed E-state index contributed by atoms with van der Waals surface area (Å²) in [6.45, 7) is 0.452. The summed E-state index contributed by atoms with van der Waals surface area (Å²) in [6, 6.07) is 12.7. The molecule has 0 spiro atoms. The third-order valence-electron chi connectivity index (χ3n) is 3.62. The van der Waals surface area contributed by atoms with Gasteiger partial charge in [-0.25, -0.2) is 0 Å². The predicted molar refractivity (Wildman–Crippen MR) is 116 cm³/mol. The van der Waals surface area contributed by atoms with Crippen molar-refractivity contribution in [1.82, 2.24) is 9.78 Å². The number of halogens is 3. The number of benzene rings is 2. The van der Waals surface area contributed by atoms with Crippen LogP contribution in [0.15, 0.2) is 48.7 Å². The summed E-state index contributed by atoms with van der Waals surface area (Å²) in [7, 11) is 1.61. The molecule has 0 aliphatic rings. The molecule has 0 fully saturated rings. The summed E-state index contributed by atoms with van der Waals surface area (Å²) in [5, 5.41) is 12.4. The zero-order valence-electron chi connectivity index (χ0n) is 14.2. The number of ether oxygens (including phenoxy) is 1. The van der Waals surface area contributed by atoms with Gasteiger partial charge in [0.05, 0.1) is 13.7 Å². The number of hydrogen-bond acceptors (Lipinski definition) is 3. The fourth-order valence-electron chi connectivity index (χ4n) is 2.36. The van der Waals surface area contributed by atoms with E-state index in [0.717, 1.165) is 17.0 Å². The van der Waals surface area contributed by atoms with Crippen molar-refractivity contribution in [3.05, 3.63) is 69.3 Å². The van der Waals surface area contributed by atoms with Crippen LogP contribution in [-0.4, -0.2) is 22.0 Å². The first kappa shape index (κ1) is 19.8. The van der Waals surface area contributed by atoms with Crippen LogP contribution in [0.25, 0.3) is 0 Å². The lowest BCUT2D eigenvalue weighted by molar-refractivity contribution is 0.415. The van der Waals surface area contributed by atoms with E-state index in [2.05, 4.69) is 15.7 Å². The Morgan fingerprint density at radius 2 is 1.93 bits per heavy atom. The van der Waals surface area contributed by atoms with Crippen molar-refractivity contribution in [3.8, 4) is 5.75 Å². The van der Waals surface area contributed by atoms with Gasteiger partial charge < -0.3 is 15.4 Å². The minimum absolute atomic E-state index is 0.361. The molecule has 9 heteroatoms. The lowest BCUT2D eigenvalue weighted by atomic mass is 10.2. The van der Waals surface area contributed by atoms with Gasteiger partial charge >= 0.3 is 0 Å². The Balaban J connectivity index is 1.67. The number of nitrogens with one attached hydrogen (secondary N) is 2. The van der Waals surface area contributed by atoms with Gasteiger partial charge in [0.1, 0.15) is 10.8 Å². The number of aromatic nitrogens is 2. The molecule has 0 saturated carbocycles. The van der Waals surface area contributed by atoms with Crippen LogP contribution >= 0.6 is 47.0 Å². The maximum Gasteiger partial charge on any atom is 0.176 e. The van der Waals surface area contributed by atoms with Crippen molar-refractivity contribution in [2.45, 2.75) is 6.54 Å². The molecule has 0 aliphatic carbocycles. The molecule has 2 aromatic carbocycles. The SMILES string of the molecule is COc1cccc(NC(=S)Nc2nn(Cc3ccc(Cl)cc3Cl)cc2Cl)c1. The third-order valence-corrected chi connectivity index (χ3v) is 4.69. The molecular weight excluding hydrogens is 427 g/mol. The molecule has 0 unspecified atom stereocenters. The van der Waals surface area contributed by atoms with Crippen LogP contribution in [0.2, 0.25) is 15.1 Å². The first-order valence-corrected chi connectivity index (χ1v) is 9.38. The van der Waals surface area contributed by atoms with Crippen molar-refractivity contribution in [2.24, 2.45) is 0 Å². The van der Waals surface area contributed by atoms with Gasteiger partial charge in [0.15, 0.2) is 10.9 Å². The Kier molecular flexibility index (Phi) is 6.44. The lowest BCUT2D eigenvalue weighted by Gasteiger charge is -2.10. The van der Waals surface area contributed by atoms with E-state index in [0.29, 0.717) is 32.5 Å². The van der Waals surface area contributed by atoms with E-state index in [4.69, 9.17) is 51.8 Å². The molecule has 0 atom stereocenters. The molecule has 0 aliphatic heterocycles. The maximum absolute atomic E-state index is 6.26. The Morgan fingerprint density at radius 1 is 1.11 bits per heavy atom. The Labute approximate surface area is 177 Å². The predicted octanol–water partition coefficient (Wildman–Crippen LogP) is 5.71. The maximum atomic E-state index is 6.26. The molecule has 3 aromatic rings. The highest BCUT2D eigenvalue weighted by Gasteiger charge is 2.11. The molecule has 3 rings (SSSR count). The van der Waals surface area contributed by atoms with Gasteiger partial charge in [0.25, 0.3) is 0 Å². The second-order valence-electron chi connectivity index (χ2n) is 5.57. The van der Waals surface area contributed by atoms with Crippen LogP contribution in [-0.2, 0) is 6.54 Å². The van der Waals surface area contributed by atoms with Crippen molar-refractivity contribution < 1.29 is 4.74 Å². The molecule has 5 nitrogen and oxygen atoms in total. The van der Waals surface area contributed by atoms with Crippen molar-refractivity contribution in [2.75, 3.05) is 17.7 Å². The van der Waals surface area contributed by atoms with Gasteiger partial charge in [-0.2, -0.15) is 5.10 Å². The van der Waals surface area contributed by atoms with Gasteiger partial charge in [-0.3, -0.25) is 4.68 Å². The molecule has 2 N–H and O–H groups in total. The molecule has 0 radical (unpaired) electrons. The molecule has 0 amide bonds. The first-order valence-electron chi connectivity index (χ1n) is 7.83. The Morgan fingerprint density at radius 3 is 2.67 bits per heavy atom. The van der Waals surface area contributed by atoms with E-state index < -0.39 is 0 Å². The highest BCUT2D eigenvalue weighted by atomic mass is 35.5. The van der Waals surface area contributed by atoms with E-state index in [1.54, 1.807) is 30.1 Å². The molecular formula is C18H15Cl3N4OS. The number of anilines is 2. The van der Waals surface area contributed by atoms with Crippen LogP contribution in [0.4, 0.5) is 11.5 Å². The number of rotatable bonds is 5. The van der Waals surface area contributed by atoms with Crippen LogP contribution in [0, 0.1) is 0 Å². The molecule has 0 saturated heterocycles. The van der Waals surface area contributed by atoms with Gasteiger partial charge in [-0.1, -0.05) is 46.9 Å². The van der Waals surface area contributed by atoms with E-state index in [9.17, 15) is 0 Å². The highest BCUT2D eigenvalue weighted by molar-refractivity contribution is 7.80. The average Bonchev–Trinajstić information content (AvgIpc) is 2.96. The number of nitrogens with zero attached hydrogens (tertiary/aromatic N) is 2. The van der Waals surface area contributed by atoms with Crippen LogP contribution < -0.4 is 15.4 Å². The van der Waals surface area contributed by atoms with E-state index in [-0.39, 0.29) is 0 Å². The third kappa shape index (κ3) is 5.26. The normalized spacial score (nSPS) is 10.5. The summed E-state index contributed by atoms with van der Waals surface area (Å²) >= 11 is 23.7. The molecule has 0 bridgehead atoms. The first-order chi connectivity index (χ1) is 12.9. The van der Waals surface area contributed by atoms with E-state index in [1.165, 1.54) is 0 Å². The summed E-state index contributed by atoms with van der Waals surface area (Å²) in [6.07, 6.45) is 1.70. The van der Waals surface area contributed by atoms with Crippen LogP contribution in [0.5, 0.6) is 5.75 Å². The summed E-state index contributed by atoms with van der Waals surface area (Å²) < 4.78 is 6.87. The minimum atomic E-state index is 0.361. The zero-order valence-corrected chi connectivity index (χ0v) is 17.3. The smallest absolute Gasteiger partial charge is 0.176 e. The largest absolute Gasteiger partial charge is 0.497 e. The zero-order chi connectivity index (χ0) is 19.4. The summed E-state index contributed by atoms with van der Waals surface area (Å²) in [4.78, 5) is 0. The van der Waals surface area contributed by atoms with Gasteiger partial charge in [0, 0.05) is 28.0 Å². The second kappa shape index (κ2) is 8.80. The standard InChI is InChI=1S/C18H15Cl3N4OS/c1-26-14-4-2-3-13(8-14)22-18(27)23-17-16(21)10-25(24-17)9-11-5-6-12(19)7-15(11)20/h2-8,10H,9H2,1H3,(H2,22,23,24,27). The topological polar surface area (TPSA) is 51.1 Å². The van der Waals surface area contributed by atoms with Crippen molar-refractivity contribution >= 4 is 63.6 Å². The van der Waals surface area contributed by atoms with E-state index in [1.807, 2.05) is 30.3 Å².